The molecule has 0 atom stereocenters. The number of ether oxygens (including phenoxy) is 2. The van der Waals surface area contributed by atoms with Gasteiger partial charge >= 0.3 is 5.97 Å². The minimum Gasteiger partial charge on any atom is -0.489 e. The number of carboxylic acids is 1. The Morgan fingerprint density at radius 1 is 0.897 bits per heavy atom. The number of thioether (sulfide) groups is 1. The lowest BCUT2D eigenvalue weighted by Gasteiger charge is -2.12. The normalized spacial score (nSPS) is 10.6. The van der Waals surface area contributed by atoms with Crippen molar-refractivity contribution in [2.75, 3.05) is 6.61 Å². The van der Waals surface area contributed by atoms with Gasteiger partial charge in [-0.15, -0.1) is 11.8 Å². The fourth-order valence-electron chi connectivity index (χ4n) is 2.80. The molecule has 4 nitrogen and oxygen atoms in total. The minimum atomic E-state index is -0.975. The van der Waals surface area contributed by atoms with Crippen molar-refractivity contribution < 1.29 is 19.4 Å². The second-order valence-corrected chi connectivity index (χ2v) is 7.79. The second-order valence-electron chi connectivity index (χ2n) is 6.77. The molecule has 0 aliphatic carbocycles. The standard InChI is InChI=1S/C24H24O4S/c1-17-13-23(18(2)12-22(17)28-15-24(25)26)29-16-20-8-10-21(11-9-20)27-14-19-6-4-3-5-7-19/h3-13H,14-16H2,1-2H3,(H,25,26). The second kappa shape index (κ2) is 10.0. The van der Waals surface area contributed by atoms with E-state index in [4.69, 9.17) is 14.6 Å². The van der Waals surface area contributed by atoms with Crippen molar-refractivity contribution in [3.8, 4) is 11.5 Å². The van der Waals surface area contributed by atoms with Crippen LogP contribution in [0.3, 0.4) is 0 Å². The summed E-state index contributed by atoms with van der Waals surface area (Å²) in [5, 5.41) is 8.77. The van der Waals surface area contributed by atoms with Gasteiger partial charge in [-0.2, -0.15) is 0 Å². The van der Waals surface area contributed by atoms with Crippen LogP contribution in [-0.2, 0) is 17.2 Å². The number of rotatable bonds is 9. The third-order valence-corrected chi connectivity index (χ3v) is 5.62. The maximum atomic E-state index is 10.7. The average molecular weight is 409 g/mol. The summed E-state index contributed by atoms with van der Waals surface area (Å²) in [5.74, 6) is 1.34. The summed E-state index contributed by atoms with van der Waals surface area (Å²) in [7, 11) is 0. The lowest BCUT2D eigenvalue weighted by Crippen LogP contribution is -2.10. The molecule has 0 radical (unpaired) electrons. The zero-order valence-electron chi connectivity index (χ0n) is 16.6. The topological polar surface area (TPSA) is 55.8 Å². The smallest absolute Gasteiger partial charge is 0.341 e. The number of hydrogen-bond donors (Lipinski definition) is 1. The summed E-state index contributed by atoms with van der Waals surface area (Å²) in [6.45, 7) is 4.17. The van der Waals surface area contributed by atoms with Gasteiger partial charge in [0.1, 0.15) is 18.1 Å². The van der Waals surface area contributed by atoms with Crippen LogP contribution in [0, 0.1) is 13.8 Å². The Morgan fingerprint density at radius 2 is 1.62 bits per heavy atom. The van der Waals surface area contributed by atoms with Crippen molar-refractivity contribution >= 4 is 17.7 Å². The first kappa shape index (κ1) is 20.8. The highest BCUT2D eigenvalue weighted by Crippen LogP contribution is 2.32. The van der Waals surface area contributed by atoms with Gasteiger partial charge in [-0.05, 0) is 60.4 Å². The van der Waals surface area contributed by atoms with E-state index in [0.29, 0.717) is 12.4 Å². The molecule has 0 spiro atoms. The number of carbonyl (C=O) groups is 1. The summed E-state index contributed by atoms with van der Waals surface area (Å²) in [6, 6.07) is 22.2. The lowest BCUT2D eigenvalue weighted by atomic mass is 10.1. The molecule has 3 aromatic carbocycles. The van der Waals surface area contributed by atoms with Crippen LogP contribution in [0.25, 0.3) is 0 Å². The van der Waals surface area contributed by atoms with E-state index >= 15 is 0 Å². The molecule has 0 aliphatic heterocycles. The van der Waals surface area contributed by atoms with Gasteiger partial charge in [-0.25, -0.2) is 4.79 Å². The molecule has 1 N–H and O–H groups in total. The average Bonchev–Trinajstić information content (AvgIpc) is 2.73. The van der Waals surface area contributed by atoms with Crippen LogP contribution in [0.5, 0.6) is 11.5 Å². The largest absolute Gasteiger partial charge is 0.489 e. The van der Waals surface area contributed by atoms with Crippen LogP contribution >= 0.6 is 11.8 Å². The molecule has 29 heavy (non-hydrogen) atoms. The summed E-state index contributed by atoms with van der Waals surface area (Å²) in [4.78, 5) is 11.9. The highest BCUT2D eigenvalue weighted by molar-refractivity contribution is 7.98. The fourth-order valence-corrected chi connectivity index (χ4v) is 3.86. The van der Waals surface area contributed by atoms with Crippen molar-refractivity contribution in [2.24, 2.45) is 0 Å². The van der Waals surface area contributed by atoms with Crippen LogP contribution < -0.4 is 9.47 Å². The van der Waals surface area contributed by atoms with E-state index in [1.165, 1.54) is 5.56 Å². The van der Waals surface area contributed by atoms with Crippen LogP contribution in [0.15, 0.2) is 71.6 Å². The summed E-state index contributed by atoms with van der Waals surface area (Å²) in [6.07, 6.45) is 0. The lowest BCUT2D eigenvalue weighted by molar-refractivity contribution is -0.139. The molecule has 150 valence electrons. The maximum Gasteiger partial charge on any atom is 0.341 e. The molecular formula is C24H24O4S. The Labute approximate surface area is 175 Å². The van der Waals surface area contributed by atoms with Crippen LogP contribution in [0.2, 0.25) is 0 Å². The third-order valence-electron chi connectivity index (χ3n) is 4.39. The van der Waals surface area contributed by atoms with Crippen molar-refractivity contribution in [2.45, 2.75) is 31.1 Å². The van der Waals surface area contributed by atoms with Crippen molar-refractivity contribution in [1.82, 2.24) is 0 Å². The Bertz CT molecular complexity index is 953. The first-order valence-electron chi connectivity index (χ1n) is 9.35. The quantitative estimate of drug-likeness (QED) is 0.465. The van der Waals surface area contributed by atoms with Gasteiger partial charge < -0.3 is 14.6 Å². The predicted molar refractivity (Wildman–Crippen MR) is 116 cm³/mol. The molecule has 0 aromatic heterocycles. The van der Waals surface area contributed by atoms with E-state index in [9.17, 15) is 4.79 Å². The van der Waals surface area contributed by atoms with E-state index in [-0.39, 0.29) is 6.61 Å². The summed E-state index contributed by atoms with van der Waals surface area (Å²) in [5.41, 5.74) is 4.37. The van der Waals surface area contributed by atoms with Crippen molar-refractivity contribution in [1.29, 1.82) is 0 Å². The van der Waals surface area contributed by atoms with Gasteiger partial charge in [0, 0.05) is 10.6 Å². The highest BCUT2D eigenvalue weighted by atomic mass is 32.2. The molecule has 5 heteroatoms. The fraction of sp³-hybridized carbons (Fsp3) is 0.208. The van der Waals surface area contributed by atoms with Gasteiger partial charge in [0.2, 0.25) is 0 Å². The van der Waals surface area contributed by atoms with Crippen molar-refractivity contribution in [3.63, 3.8) is 0 Å². The minimum absolute atomic E-state index is 0.328. The zero-order valence-corrected chi connectivity index (χ0v) is 17.4. The van der Waals surface area contributed by atoms with Gasteiger partial charge in [-0.3, -0.25) is 0 Å². The van der Waals surface area contributed by atoms with Crippen LogP contribution in [0.4, 0.5) is 0 Å². The zero-order chi connectivity index (χ0) is 20.6. The summed E-state index contributed by atoms with van der Waals surface area (Å²) >= 11 is 1.75. The van der Waals surface area contributed by atoms with Crippen LogP contribution in [-0.4, -0.2) is 17.7 Å². The van der Waals surface area contributed by atoms with E-state index < -0.39 is 5.97 Å². The van der Waals surface area contributed by atoms with E-state index in [1.54, 1.807) is 11.8 Å². The molecule has 0 aliphatic rings. The number of hydrogen-bond acceptors (Lipinski definition) is 4. The number of benzene rings is 3. The highest BCUT2D eigenvalue weighted by Gasteiger charge is 2.08. The van der Waals surface area contributed by atoms with E-state index in [1.807, 2.05) is 62.4 Å². The van der Waals surface area contributed by atoms with Gasteiger partial charge in [0.25, 0.3) is 0 Å². The predicted octanol–water partition coefficient (Wildman–Crippen LogP) is 5.64. The van der Waals surface area contributed by atoms with Gasteiger partial charge in [-0.1, -0.05) is 42.5 Å². The Balaban J connectivity index is 1.55. The van der Waals surface area contributed by atoms with Gasteiger partial charge in [0.15, 0.2) is 6.61 Å². The maximum absolute atomic E-state index is 10.7. The first-order valence-corrected chi connectivity index (χ1v) is 10.3. The molecule has 0 heterocycles. The number of aliphatic carboxylic acids is 1. The molecule has 0 saturated carbocycles. The first-order chi connectivity index (χ1) is 14.0. The Kier molecular flexibility index (Phi) is 7.19. The Hall–Kier alpha value is -2.92. The molecule has 0 fully saturated rings. The Morgan fingerprint density at radius 3 is 2.31 bits per heavy atom. The molecule has 3 rings (SSSR count). The molecule has 0 saturated heterocycles. The number of carboxylic acid groups (broad SMARTS) is 1. The van der Waals surface area contributed by atoms with Crippen LogP contribution in [0.1, 0.15) is 22.3 Å². The molecule has 3 aromatic rings. The molecule has 0 amide bonds. The van der Waals surface area contributed by atoms with E-state index in [2.05, 4.69) is 18.2 Å². The van der Waals surface area contributed by atoms with Crippen molar-refractivity contribution in [3.05, 3.63) is 89.0 Å². The SMILES string of the molecule is Cc1cc(SCc2ccc(OCc3ccccc3)cc2)c(C)cc1OCC(=O)O. The number of aryl methyl sites for hydroxylation is 2. The molecular weight excluding hydrogens is 384 g/mol. The third kappa shape index (κ3) is 6.29. The van der Waals surface area contributed by atoms with Gasteiger partial charge in [0.05, 0.1) is 0 Å². The summed E-state index contributed by atoms with van der Waals surface area (Å²) < 4.78 is 11.2. The molecule has 0 bridgehead atoms. The molecule has 0 unspecified atom stereocenters. The van der Waals surface area contributed by atoms with E-state index in [0.717, 1.165) is 33.1 Å². The monoisotopic (exact) mass is 408 g/mol.